The lowest BCUT2D eigenvalue weighted by Gasteiger charge is -1.57. The molecule has 0 amide bonds. The van der Waals surface area contributed by atoms with Gasteiger partial charge in [0.15, 0.2) is 0 Å². The first-order valence-corrected chi connectivity index (χ1v) is 1.89. The summed E-state index contributed by atoms with van der Waals surface area (Å²) >= 11 is 0. The fraction of sp³-hybridized carbons (Fsp3) is 0.333. The Labute approximate surface area is 43.4 Å². The third-order valence-corrected chi connectivity index (χ3v) is 0.348. The van der Waals surface area contributed by atoms with Crippen LogP contribution in [0.3, 0.4) is 0 Å². The maximum Gasteiger partial charge on any atom is 0.144 e. The molecule has 0 aromatic rings. The van der Waals surface area contributed by atoms with Crippen molar-refractivity contribution in [2.75, 3.05) is 6.61 Å². The lowest BCUT2D eigenvalue weighted by molar-refractivity contribution is 0.239. The molecular weight excluding hydrogens is 88.1 g/mol. The van der Waals surface area contributed by atoms with Crippen LogP contribution in [0, 0.1) is 23.7 Å². The van der Waals surface area contributed by atoms with Gasteiger partial charge in [-0.25, -0.2) is 5.11 Å². The molecule has 0 unspecified atom stereocenters. The number of hydrogen-bond acceptors (Lipinski definition) is 0. The molecule has 0 atom stereocenters. The summed E-state index contributed by atoms with van der Waals surface area (Å²) in [6, 6.07) is 0. The van der Waals surface area contributed by atoms with Gasteiger partial charge in [0, 0.05) is 0 Å². The Morgan fingerprint density at radius 2 is 2.14 bits per heavy atom. The van der Waals surface area contributed by atoms with E-state index in [1.54, 1.807) is 6.92 Å². The molecule has 0 saturated heterocycles. The van der Waals surface area contributed by atoms with E-state index >= 15 is 0 Å². The Balaban J connectivity index is 3.39. The van der Waals surface area contributed by atoms with Crippen LogP contribution in [0.25, 0.3) is 0 Å². The summed E-state index contributed by atoms with van der Waals surface area (Å²) in [5.74, 6) is 9.61. The van der Waals surface area contributed by atoms with E-state index in [2.05, 4.69) is 23.7 Å². The van der Waals surface area contributed by atoms with Crippen molar-refractivity contribution in [2.45, 2.75) is 6.92 Å². The maximum absolute atomic E-state index is 9.56. The minimum Gasteiger partial charge on any atom is -0.223 e. The van der Waals surface area contributed by atoms with Crippen LogP contribution in [0.5, 0.6) is 0 Å². The van der Waals surface area contributed by atoms with Gasteiger partial charge in [-0.3, -0.25) is 0 Å². The average molecular weight is 93.1 g/mol. The monoisotopic (exact) mass is 93.0 g/mol. The summed E-state index contributed by atoms with van der Waals surface area (Å²) in [6.07, 6.45) is 0. The Kier molecular flexibility index (Phi) is 4.41. The first kappa shape index (κ1) is 6.08. The molecule has 1 nitrogen and oxygen atoms in total. The summed E-state index contributed by atoms with van der Waals surface area (Å²) in [5, 5.41) is 9.56. The van der Waals surface area contributed by atoms with E-state index in [0.717, 1.165) is 0 Å². The van der Waals surface area contributed by atoms with Crippen molar-refractivity contribution >= 4 is 0 Å². The minimum absolute atomic E-state index is 0.353. The van der Waals surface area contributed by atoms with Crippen molar-refractivity contribution in [3.05, 3.63) is 0 Å². The van der Waals surface area contributed by atoms with Gasteiger partial charge in [0.25, 0.3) is 0 Å². The highest BCUT2D eigenvalue weighted by Crippen LogP contribution is 1.51. The Morgan fingerprint density at radius 1 is 1.43 bits per heavy atom. The molecule has 1 heteroatoms. The summed E-state index contributed by atoms with van der Waals surface area (Å²) in [5.41, 5.74) is 0. The normalized spacial score (nSPS) is 4.86. The van der Waals surface area contributed by atoms with Gasteiger partial charge >= 0.3 is 0 Å². The largest absolute Gasteiger partial charge is 0.223 e. The van der Waals surface area contributed by atoms with Gasteiger partial charge in [0.1, 0.15) is 6.61 Å². The van der Waals surface area contributed by atoms with Gasteiger partial charge < -0.3 is 0 Å². The summed E-state index contributed by atoms with van der Waals surface area (Å²) in [4.78, 5) is 0. The van der Waals surface area contributed by atoms with Crippen LogP contribution in [0.15, 0.2) is 0 Å². The zero-order valence-electron chi connectivity index (χ0n) is 4.12. The Bertz CT molecular complexity index is 137. The molecule has 0 saturated carbocycles. The second-order valence-corrected chi connectivity index (χ2v) is 0.821. The minimum atomic E-state index is -0.353. The Hall–Kier alpha value is -0.920. The van der Waals surface area contributed by atoms with Crippen molar-refractivity contribution in [3.8, 4) is 23.7 Å². The first-order valence-electron chi connectivity index (χ1n) is 1.89. The van der Waals surface area contributed by atoms with Crippen LogP contribution < -0.4 is 0 Å². The number of rotatable bonds is 0. The zero-order valence-corrected chi connectivity index (χ0v) is 4.12. The second-order valence-electron chi connectivity index (χ2n) is 0.821. The molecule has 35 valence electrons. The van der Waals surface area contributed by atoms with Gasteiger partial charge in [-0.2, -0.15) is 0 Å². The molecular formula is C6H5O. The average Bonchev–Trinajstić information content (AvgIpc) is 1.69. The van der Waals surface area contributed by atoms with E-state index in [9.17, 15) is 5.11 Å². The third-order valence-electron chi connectivity index (χ3n) is 0.348. The van der Waals surface area contributed by atoms with Gasteiger partial charge in [0.05, 0.1) is 0 Å². The van der Waals surface area contributed by atoms with Gasteiger partial charge in [-0.05, 0) is 18.8 Å². The maximum atomic E-state index is 9.56. The van der Waals surface area contributed by atoms with Crippen molar-refractivity contribution in [3.63, 3.8) is 0 Å². The summed E-state index contributed by atoms with van der Waals surface area (Å²) in [7, 11) is 0. The van der Waals surface area contributed by atoms with Crippen molar-refractivity contribution in [2.24, 2.45) is 0 Å². The fourth-order valence-corrected chi connectivity index (χ4v) is 0.143. The van der Waals surface area contributed by atoms with Crippen LogP contribution in [0.1, 0.15) is 6.92 Å². The van der Waals surface area contributed by atoms with E-state index in [0.29, 0.717) is 0 Å². The lowest BCUT2D eigenvalue weighted by atomic mass is 10.6. The highest BCUT2D eigenvalue weighted by molar-refractivity contribution is 5.24. The van der Waals surface area contributed by atoms with Gasteiger partial charge in [0.2, 0.25) is 0 Å². The second kappa shape index (κ2) is 5.08. The molecule has 0 aromatic heterocycles. The summed E-state index contributed by atoms with van der Waals surface area (Å²) < 4.78 is 0. The quantitative estimate of drug-likeness (QED) is 0.387. The predicted molar refractivity (Wildman–Crippen MR) is 26.8 cm³/mol. The standard InChI is InChI=1S/C6H5O/c1-2-3-4-5-6-7/h6H2,1H3. The molecule has 0 spiro atoms. The zero-order chi connectivity index (χ0) is 5.54. The molecule has 0 fully saturated rings. The van der Waals surface area contributed by atoms with Crippen LogP contribution in [-0.2, 0) is 5.11 Å². The van der Waals surface area contributed by atoms with Crippen molar-refractivity contribution in [1.29, 1.82) is 0 Å². The van der Waals surface area contributed by atoms with Crippen LogP contribution in [0.2, 0.25) is 0 Å². The predicted octanol–water partition coefficient (Wildman–Crippen LogP) is 0.444. The third kappa shape index (κ3) is 5.08. The molecule has 0 aromatic carbocycles. The first-order chi connectivity index (χ1) is 3.41. The molecule has 0 aliphatic carbocycles. The summed E-state index contributed by atoms with van der Waals surface area (Å²) in [6.45, 7) is 1.33. The molecule has 0 bridgehead atoms. The molecule has 7 heavy (non-hydrogen) atoms. The van der Waals surface area contributed by atoms with Gasteiger partial charge in [-0.15, -0.1) is 0 Å². The van der Waals surface area contributed by atoms with E-state index < -0.39 is 0 Å². The van der Waals surface area contributed by atoms with Crippen LogP contribution in [0.4, 0.5) is 0 Å². The van der Waals surface area contributed by atoms with E-state index in [1.807, 2.05) is 0 Å². The number of hydrogen-bond donors (Lipinski definition) is 0. The van der Waals surface area contributed by atoms with Crippen LogP contribution >= 0.6 is 0 Å². The molecule has 1 radical (unpaired) electrons. The van der Waals surface area contributed by atoms with E-state index in [4.69, 9.17) is 0 Å². The van der Waals surface area contributed by atoms with Crippen molar-refractivity contribution in [1.82, 2.24) is 0 Å². The molecule has 0 aliphatic rings. The van der Waals surface area contributed by atoms with E-state index in [1.165, 1.54) is 0 Å². The molecule has 0 rings (SSSR count). The molecule has 0 aliphatic heterocycles. The molecule has 0 heterocycles. The smallest absolute Gasteiger partial charge is 0.144 e. The highest BCUT2D eigenvalue weighted by Gasteiger charge is 1.56. The van der Waals surface area contributed by atoms with E-state index in [-0.39, 0.29) is 6.61 Å². The lowest BCUT2D eigenvalue weighted by Crippen LogP contribution is -1.64. The Morgan fingerprint density at radius 3 is 2.57 bits per heavy atom. The SMILES string of the molecule is CC#CC#CC[O]. The van der Waals surface area contributed by atoms with Crippen LogP contribution in [-0.4, -0.2) is 6.61 Å². The van der Waals surface area contributed by atoms with Crippen molar-refractivity contribution < 1.29 is 5.11 Å². The topological polar surface area (TPSA) is 19.9 Å². The highest BCUT2D eigenvalue weighted by atomic mass is 16.2. The van der Waals surface area contributed by atoms with Gasteiger partial charge in [-0.1, -0.05) is 11.8 Å². The fourth-order valence-electron chi connectivity index (χ4n) is 0.143. The molecule has 0 N–H and O–H groups in total.